The summed E-state index contributed by atoms with van der Waals surface area (Å²) in [4.78, 5) is 12.4. The van der Waals surface area contributed by atoms with E-state index in [1.54, 1.807) is 12.1 Å². The van der Waals surface area contributed by atoms with Crippen LogP contribution in [0.25, 0.3) is 0 Å². The van der Waals surface area contributed by atoms with Crippen LogP contribution in [-0.2, 0) is 4.74 Å². The molecule has 0 spiro atoms. The molecule has 3 rings (SSSR count). The SMILES string of the molecule is Cc1ccc(N)cc1C(=O)Nc1ccc(OCC2CCCO2)cc1.Cl. The van der Waals surface area contributed by atoms with Crippen LogP contribution in [0, 0.1) is 6.92 Å². The zero-order chi connectivity index (χ0) is 16.9. The minimum atomic E-state index is -0.173. The van der Waals surface area contributed by atoms with Crippen LogP contribution in [0.15, 0.2) is 42.5 Å². The van der Waals surface area contributed by atoms with Gasteiger partial charge in [-0.1, -0.05) is 6.07 Å². The second kappa shape index (κ2) is 8.74. The van der Waals surface area contributed by atoms with E-state index < -0.39 is 0 Å². The number of carbonyl (C=O) groups excluding carboxylic acids is 1. The molecular weight excluding hydrogens is 340 g/mol. The molecule has 1 heterocycles. The summed E-state index contributed by atoms with van der Waals surface area (Å²) in [5.74, 6) is 0.594. The first-order valence-corrected chi connectivity index (χ1v) is 8.14. The van der Waals surface area contributed by atoms with E-state index in [4.69, 9.17) is 15.2 Å². The minimum absolute atomic E-state index is 0. The Bertz CT molecular complexity index is 713. The van der Waals surface area contributed by atoms with E-state index in [0.29, 0.717) is 23.5 Å². The number of amides is 1. The van der Waals surface area contributed by atoms with E-state index in [-0.39, 0.29) is 24.4 Å². The summed E-state index contributed by atoms with van der Waals surface area (Å²) < 4.78 is 11.2. The van der Waals surface area contributed by atoms with Crippen molar-refractivity contribution in [1.82, 2.24) is 0 Å². The van der Waals surface area contributed by atoms with Crippen LogP contribution in [0.2, 0.25) is 0 Å². The number of anilines is 2. The largest absolute Gasteiger partial charge is 0.491 e. The van der Waals surface area contributed by atoms with Crippen LogP contribution in [0.4, 0.5) is 11.4 Å². The highest BCUT2D eigenvalue weighted by Crippen LogP contribution is 2.20. The summed E-state index contributed by atoms with van der Waals surface area (Å²) in [6, 6.07) is 12.6. The lowest BCUT2D eigenvalue weighted by Crippen LogP contribution is -2.16. The second-order valence-corrected chi connectivity index (χ2v) is 6.00. The lowest BCUT2D eigenvalue weighted by atomic mass is 10.1. The van der Waals surface area contributed by atoms with Gasteiger partial charge in [0, 0.05) is 23.5 Å². The predicted molar refractivity (Wildman–Crippen MR) is 102 cm³/mol. The number of rotatable bonds is 5. The molecule has 1 amide bonds. The van der Waals surface area contributed by atoms with Crippen molar-refractivity contribution in [3.8, 4) is 5.75 Å². The van der Waals surface area contributed by atoms with Crippen molar-refractivity contribution in [1.29, 1.82) is 0 Å². The Labute approximate surface area is 153 Å². The van der Waals surface area contributed by atoms with Crippen LogP contribution in [0.5, 0.6) is 5.75 Å². The summed E-state index contributed by atoms with van der Waals surface area (Å²) in [5, 5.41) is 2.88. The summed E-state index contributed by atoms with van der Waals surface area (Å²) in [7, 11) is 0. The van der Waals surface area contributed by atoms with E-state index in [1.165, 1.54) is 0 Å². The highest BCUT2D eigenvalue weighted by molar-refractivity contribution is 6.05. The number of ether oxygens (including phenoxy) is 2. The third kappa shape index (κ3) is 5.11. The predicted octanol–water partition coefficient (Wildman–Crippen LogP) is 3.81. The number of nitrogen functional groups attached to an aromatic ring is 1. The molecule has 1 aliphatic rings. The van der Waals surface area contributed by atoms with Gasteiger partial charge in [-0.15, -0.1) is 12.4 Å². The molecular formula is C19H23ClN2O3. The van der Waals surface area contributed by atoms with E-state index >= 15 is 0 Å². The third-order valence-electron chi connectivity index (χ3n) is 4.08. The average molecular weight is 363 g/mol. The van der Waals surface area contributed by atoms with Gasteiger partial charge >= 0.3 is 0 Å². The van der Waals surface area contributed by atoms with Gasteiger partial charge < -0.3 is 20.5 Å². The summed E-state index contributed by atoms with van der Waals surface area (Å²) >= 11 is 0. The number of halogens is 1. The van der Waals surface area contributed by atoms with E-state index in [0.717, 1.165) is 30.8 Å². The van der Waals surface area contributed by atoms with E-state index in [1.807, 2.05) is 37.3 Å². The number of benzene rings is 2. The minimum Gasteiger partial charge on any atom is -0.491 e. The molecule has 1 saturated heterocycles. The van der Waals surface area contributed by atoms with Crippen molar-refractivity contribution >= 4 is 29.7 Å². The van der Waals surface area contributed by atoms with Crippen LogP contribution in [0.1, 0.15) is 28.8 Å². The van der Waals surface area contributed by atoms with Gasteiger partial charge in [-0.2, -0.15) is 0 Å². The maximum Gasteiger partial charge on any atom is 0.256 e. The van der Waals surface area contributed by atoms with Crippen LogP contribution in [0.3, 0.4) is 0 Å². The zero-order valence-electron chi connectivity index (χ0n) is 14.2. The smallest absolute Gasteiger partial charge is 0.256 e. The number of nitrogens with two attached hydrogens (primary N) is 1. The highest BCUT2D eigenvalue weighted by Gasteiger charge is 2.16. The molecule has 0 saturated carbocycles. The Kier molecular flexibility index (Phi) is 6.67. The fourth-order valence-corrected chi connectivity index (χ4v) is 2.68. The van der Waals surface area contributed by atoms with Crippen molar-refractivity contribution in [3.63, 3.8) is 0 Å². The molecule has 0 radical (unpaired) electrons. The maximum absolute atomic E-state index is 12.4. The second-order valence-electron chi connectivity index (χ2n) is 6.00. The lowest BCUT2D eigenvalue weighted by molar-refractivity contribution is 0.0679. The Morgan fingerprint density at radius 3 is 2.72 bits per heavy atom. The first kappa shape index (κ1) is 19.1. The Balaban J connectivity index is 0.00000225. The molecule has 0 bridgehead atoms. The molecule has 1 atom stereocenters. The van der Waals surface area contributed by atoms with Gasteiger partial charge in [-0.3, -0.25) is 4.79 Å². The summed E-state index contributed by atoms with van der Waals surface area (Å²) in [5.41, 5.74) is 8.51. The summed E-state index contributed by atoms with van der Waals surface area (Å²) in [6.07, 6.45) is 2.34. The van der Waals surface area contributed by atoms with Crippen molar-refractivity contribution in [2.45, 2.75) is 25.9 Å². The van der Waals surface area contributed by atoms with Gasteiger partial charge in [0.05, 0.1) is 6.10 Å². The molecule has 25 heavy (non-hydrogen) atoms. The van der Waals surface area contributed by atoms with Crippen molar-refractivity contribution < 1.29 is 14.3 Å². The van der Waals surface area contributed by atoms with Gasteiger partial charge in [-0.05, 0) is 61.7 Å². The quantitative estimate of drug-likeness (QED) is 0.793. The lowest BCUT2D eigenvalue weighted by Gasteiger charge is -2.12. The van der Waals surface area contributed by atoms with Crippen LogP contribution < -0.4 is 15.8 Å². The molecule has 0 aromatic heterocycles. The molecule has 1 fully saturated rings. The summed E-state index contributed by atoms with van der Waals surface area (Å²) in [6.45, 7) is 3.27. The fourth-order valence-electron chi connectivity index (χ4n) is 2.68. The van der Waals surface area contributed by atoms with Gasteiger partial charge in [0.1, 0.15) is 12.4 Å². The fraction of sp³-hybridized carbons (Fsp3) is 0.316. The van der Waals surface area contributed by atoms with Crippen molar-refractivity contribution in [3.05, 3.63) is 53.6 Å². The number of nitrogens with one attached hydrogen (secondary N) is 1. The molecule has 134 valence electrons. The third-order valence-corrected chi connectivity index (χ3v) is 4.08. The molecule has 1 unspecified atom stereocenters. The number of hydrogen-bond donors (Lipinski definition) is 2. The van der Waals surface area contributed by atoms with Gasteiger partial charge in [0.15, 0.2) is 0 Å². The van der Waals surface area contributed by atoms with Crippen molar-refractivity contribution in [2.75, 3.05) is 24.3 Å². The molecule has 1 aliphatic heterocycles. The first-order valence-electron chi connectivity index (χ1n) is 8.14. The topological polar surface area (TPSA) is 73.6 Å². The molecule has 3 N–H and O–H groups in total. The van der Waals surface area contributed by atoms with Crippen LogP contribution >= 0.6 is 12.4 Å². The molecule has 5 nitrogen and oxygen atoms in total. The van der Waals surface area contributed by atoms with Crippen LogP contribution in [-0.4, -0.2) is 25.2 Å². The Morgan fingerprint density at radius 2 is 2.04 bits per heavy atom. The molecule has 2 aromatic carbocycles. The van der Waals surface area contributed by atoms with Crippen molar-refractivity contribution in [2.24, 2.45) is 0 Å². The van der Waals surface area contributed by atoms with Gasteiger partial charge in [-0.25, -0.2) is 0 Å². The number of carbonyl (C=O) groups is 1. The monoisotopic (exact) mass is 362 g/mol. The van der Waals surface area contributed by atoms with E-state index in [2.05, 4.69) is 5.32 Å². The van der Waals surface area contributed by atoms with Gasteiger partial charge in [0.2, 0.25) is 0 Å². The molecule has 6 heteroatoms. The van der Waals surface area contributed by atoms with E-state index in [9.17, 15) is 4.79 Å². The number of hydrogen-bond acceptors (Lipinski definition) is 4. The first-order chi connectivity index (χ1) is 11.6. The normalized spacial score (nSPS) is 16.1. The average Bonchev–Trinajstić information content (AvgIpc) is 3.10. The molecule has 0 aliphatic carbocycles. The Morgan fingerprint density at radius 1 is 1.28 bits per heavy atom. The number of aryl methyl sites for hydroxylation is 1. The molecule has 2 aromatic rings. The highest BCUT2D eigenvalue weighted by atomic mass is 35.5. The zero-order valence-corrected chi connectivity index (χ0v) is 15.0. The Hall–Kier alpha value is -2.24. The standard InChI is InChI=1S/C19H22N2O3.ClH/c1-13-4-5-14(20)11-18(13)19(22)21-15-6-8-16(9-7-15)24-12-17-3-2-10-23-17;/h4-9,11,17H,2-3,10,12,20H2,1H3,(H,21,22);1H. The van der Waals surface area contributed by atoms with Gasteiger partial charge in [0.25, 0.3) is 5.91 Å². The maximum atomic E-state index is 12.4.